The highest BCUT2D eigenvalue weighted by Gasteiger charge is 2.33. The number of hydrogen-bond acceptors (Lipinski definition) is 4. The maximum absolute atomic E-state index is 10.6. The van der Waals surface area contributed by atoms with Crippen LogP contribution in [0.3, 0.4) is 0 Å². The van der Waals surface area contributed by atoms with Gasteiger partial charge in [-0.25, -0.2) is 0 Å². The highest BCUT2D eigenvalue weighted by Crippen LogP contribution is 2.39. The van der Waals surface area contributed by atoms with Crippen molar-refractivity contribution in [3.8, 4) is 0 Å². The van der Waals surface area contributed by atoms with Crippen molar-refractivity contribution in [3.63, 3.8) is 0 Å². The SMILES string of the molecule is CCCC[N+](CCCC)(CCCC)CCCC.NCC1(CC(=O)O)CCCCC1.NCC1(CC(=O)O)CCCCC1. The minimum atomic E-state index is -0.706. The fraction of sp³-hybridized carbons (Fsp3) is 0.941. The Labute approximate surface area is 253 Å². The van der Waals surface area contributed by atoms with Gasteiger partial charge in [-0.2, -0.15) is 0 Å². The highest BCUT2D eigenvalue weighted by atomic mass is 16.4. The predicted octanol–water partition coefficient (Wildman–Crippen LogP) is 7.74. The molecule has 2 saturated carbocycles. The molecule has 0 heterocycles. The molecule has 7 nitrogen and oxygen atoms in total. The Kier molecular flexibility index (Phi) is 22.6. The number of nitrogens with zero attached hydrogens (tertiary/aromatic N) is 1. The maximum Gasteiger partial charge on any atom is 0.303 e. The first kappa shape index (κ1) is 39.8. The molecule has 2 aliphatic rings. The fourth-order valence-electron chi connectivity index (χ4n) is 6.80. The van der Waals surface area contributed by atoms with Crippen LogP contribution >= 0.6 is 0 Å². The van der Waals surface area contributed by atoms with Crippen LogP contribution in [0.5, 0.6) is 0 Å². The van der Waals surface area contributed by atoms with E-state index < -0.39 is 11.9 Å². The van der Waals surface area contributed by atoms with E-state index in [1.165, 1.54) is 94.9 Å². The third-order valence-corrected chi connectivity index (χ3v) is 9.69. The van der Waals surface area contributed by atoms with E-state index in [0.717, 1.165) is 51.4 Å². The van der Waals surface area contributed by atoms with Gasteiger partial charge >= 0.3 is 11.9 Å². The molecular weight excluding hydrogens is 514 g/mol. The van der Waals surface area contributed by atoms with Gasteiger partial charge < -0.3 is 26.2 Å². The highest BCUT2D eigenvalue weighted by molar-refractivity contribution is 5.68. The summed E-state index contributed by atoms with van der Waals surface area (Å²) in [5, 5.41) is 17.4. The summed E-state index contributed by atoms with van der Waals surface area (Å²) in [6.07, 6.45) is 22.6. The molecule has 0 aromatic rings. The number of carboxylic acids is 2. The summed E-state index contributed by atoms with van der Waals surface area (Å²) in [5.41, 5.74) is 11.1. The normalized spacial score (nSPS) is 17.9. The number of rotatable bonds is 18. The van der Waals surface area contributed by atoms with E-state index in [1.54, 1.807) is 0 Å². The van der Waals surface area contributed by atoms with Crippen LogP contribution in [0.4, 0.5) is 0 Å². The molecule has 2 fully saturated rings. The van der Waals surface area contributed by atoms with Gasteiger partial charge in [-0.3, -0.25) is 9.59 Å². The molecule has 2 rings (SSSR count). The monoisotopic (exact) mass is 585 g/mol. The standard InChI is InChI=1S/C16H36N.2C9H17NO2/c1-5-9-13-17(14-10-6-2,15-11-7-3)16-12-8-4;2*10-7-9(6-8(11)12)4-2-1-3-5-9/h5-16H2,1-4H3;2*1-7,10H2,(H,11,12)/q+1;;. The maximum atomic E-state index is 10.6. The molecule has 0 radical (unpaired) electrons. The summed E-state index contributed by atoms with van der Waals surface area (Å²) in [5.74, 6) is -1.41. The van der Waals surface area contributed by atoms with Crippen LogP contribution in [-0.2, 0) is 9.59 Å². The average Bonchev–Trinajstić information content (AvgIpc) is 2.97. The molecule has 0 unspecified atom stereocenters. The molecule has 0 atom stereocenters. The molecule has 0 aromatic heterocycles. The van der Waals surface area contributed by atoms with Crippen molar-refractivity contribution in [2.45, 2.75) is 156 Å². The summed E-state index contributed by atoms with van der Waals surface area (Å²) in [6, 6.07) is 0. The van der Waals surface area contributed by atoms with Crippen molar-refractivity contribution in [3.05, 3.63) is 0 Å². The van der Waals surface area contributed by atoms with E-state index in [4.69, 9.17) is 21.7 Å². The van der Waals surface area contributed by atoms with E-state index in [2.05, 4.69) is 27.7 Å². The molecule has 0 saturated heterocycles. The first-order chi connectivity index (χ1) is 19.6. The Morgan fingerprint density at radius 2 is 0.829 bits per heavy atom. The zero-order chi connectivity index (χ0) is 31.0. The molecule has 41 heavy (non-hydrogen) atoms. The fourth-order valence-corrected chi connectivity index (χ4v) is 6.80. The van der Waals surface area contributed by atoms with Gasteiger partial charge in [0, 0.05) is 0 Å². The Morgan fingerprint density at radius 3 is 1.02 bits per heavy atom. The van der Waals surface area contributed by atoms with E-state index in [0.29, 0.717) is 13.1 Å². The lowest BCUT2D eigenvalue weighted by Crippen LogP contribution is -2.50. The van der Waals surface area contributed by atoms with Crippen LogP contribution < -0.4 is 11.5 Å². The summed E-state index contributed by atoms with van der Waals surface area (Å²) in [6.45, 7) is 16.1. The van der Waals surface area contributed by atoms with Gasteiger partial charge in [0.2, 0.25) is 0 Å². The zero-order valence-electron chi connectivity index (χ0n) is 27.7. The van der Waals surface area contributed by atoms with Crippen molar-refractivity contribution >= 4 is 11.9 Å². The van der Waals surface area contributed by atoms with Crippen LogP contribution in [0.15, 0.2) is 0 Å². The van der Waals surface area contributed by atoms with Crippen molar-refractivity contribution in [2.75, 3.05) is 39.3 Å². The van der Waals surface area contributed by atoms with Crippen molar-refractivity contribution in [1.82, 2.24) is 0 Å². The number of unbranched alkanes of at least 4 members (excludes halogenated alkanes) is 4. The predicted molar refractivity (Wildman–Crippen MR) is 173 cm³/mol. The number of hydrogen-bond donors (Lipinski definition) is 4. The molecule has 244 valence electrons. The molecule has 0 aliphatic heterocycles. The van der Waals surface area contributed by atoms with Gasteiger partial charge in [-0.1, -0.05) is 91.9 Å². The van der Waals surface area contributed by atoms with E-state index in [-0.39, 0.29) is 23.7 Å². The summed E-state index contributed by atoms with van der Waals surface area (Å²) >= 11 is 0. The molecule has 6 N–H and O–H groups in total. The van der Waals surface area contributed by atoms with Crippen molar-refractivity contribution in [1.29, 1.82) is 0 Å². The molecular formula is C34H70N3O4+. The number of quaternary nitrogens is 1. The number of carboxylic acid groups (broad SMARTS) is 2. The van der Waals surface area contributed by atoms with Crippen LogP contribution in [0.25, 0.3) is 0 Å². The summed E-state index contributed by atoms with van der Waals surface area (Å²) in [7, 11) is 0. The lowest BCUT2D eigenvalue weighted by atomic mass is 9.72. The van der Waals surface area contributed by atoms with Crippen molar-refractivity contribution < 1.29 is 24.3 Å². The van der Waals surface area contributed by atoms with Crippen molar-refractivity contribution in [2.24, 2.45) is 22.3 Å². The number of carbonyl (C=O) groups is 2. The quantitative estimate of drug-likeness (QED) is 0.122. The third kappa shape index (κ3) is 17.5. The molecule has 0 spiro atoms. The number of nitrogens with two attached hydrogens (primary N) is 2. The van der Waals surface area contributed by atoms with Gasteiger partial charge in [-0.05, 0) is 75.3 Å². The zero-order valence-corrected chi connectivity index (χ0v) is 27.7. The smallest absolute Gasteiger partial charge is 0.303 e. The second-order valence-electron chi connectivity index (χ2n) is 13.3. The Morgan fingerprint density at radius 1 is 0.561 bits per heavy atom. The number of aliphatic carboxylic acids is 2. The summed E-state index contributed by atoms with van der Waals surface area (Å²) in [4.78, 5) is 21.2. The largest absolute Gasteiger partial charge is 0.481 e. The van der Waals surface area contributed by atoms with E-state index >= 15 is 0 Å². The minimum Gasteiger partial charge on any atom is -0.481 e. The van der Waals surface area contributed by atoms with E-state index in [9.17, 15) is 9.59 Å². The second kappa shape index (κ2) is 23.3. The average molecular weight is 585 g/mol. The second-order valence-corrected chi connectivity index (χ2v) is 13.3. The Balaban J connectivity index is 0.000000598. The first-order valence-electron chi connectivity index (χ1n) is 17.3. The minimum absolute atomic E-state index is 0.0793. The van der Waals surface area contributed by atoms with Crippen LogP contribution in [-0.4, -0.2) is 65.9 Å². The lowest BCUT2D eigenvalue weighted by molar-refractivity contribution is -0.929. The molecule has 0 amide bonds. The lowest BCUT2D eigenvalue weighted by Gasteiger charge is -2.39. The van der Waals surface area contributed by atoms with Crippen LogP contribution in [0.1, 0.15) is 156 Å². The van der Waals surface area contributed by atoms with Crippen LogP contribution in [0.2, 0.25) is 0 Å². The van der Waals surface area contributed by atoms with Gasteiger partial charge in [0.25, 0.3) is 0 Å². The van der Waals surface area contributed by atoms with Gasteiger partial charge in [-0.15, -0.1) is 0 Å². The van der Waals surface area contributed by atoms with E-state index in [1.807, 2.05) is 0 Å². The van der Waals surface area contributed by atoms with Gasteiger partial charge in [0.05, 0.1) is 39.0 Å². The molecule has 0 aromatic carbocycles. The first-order valence-corrected chi connectivity index (χ1v) is 17.3. The summed E-state index contributed by atoms with van der Waals surface area (Å²) < 4.78 is 1.42. The van der Waals surface area contributed by atoms with Gasteiger partial charge in [0.1, 0.15) is 0 Å². The third-order valence-electron chi connectivity index (χ3n) is 9.69. The van der Waals surface area contributed by atoms with Crippen LogP contribution in [0, 0.1) is 10.8 Å². The Bertz CT molecular complexity index is 583. The molecule has 7 heteroatoms. The van der Waals surface area contributed by atoms with Gasteiger partial charge in [0.15, 0.2) is 0 Å². The molecule has 0 bridgehead atoms. The Hall–Kier alpha value is -1.18. The topological polar surface area (TPSA) is 127 Å². The molecule has 2 aliphatic carbocycles.